The third-order valence-electron chi connectivity index (χ3n) is 3.60. The van der Waals surface area contributed by atoms with Crippen molar-refractivity contribution in [1.82, 2.24) is 10.6 Å². The third kappa shape index (κ3) is 3.94. The fourth-order valence-electron chi connectivity index (χ4n) is 2.44. The minimum atomic E-state index is -0.335. The Morgan fingerprint density at radius 1 is 1.35 bits per heavy atom. The quantitative estimate of drug-likeness (QED) is 0.632. The highest BCUT2D eigenvalue weighted by Crippen LogP contribution is 2.23. The maximum Gasteiger partial charge on any atom is 0.250 e. The number of hydrogen-bond acceptors (Lipinski definition) is 4. The van der Waals surface area contributed by atoms with Crippen LogP contribution in [0.25, 0.3) is 0 Å². The molecule has 0 radical (unpaired) electrons. The lowest BCUT2D eigenvalue weighted by atomic mass is 9.87. The van der Waals surface area contributed by atoms with E-state index in [1.807, 2.05) is 0 Å². The van der Waals surface area contributed by atoms with Gasteiger partial charge in [-0.25, -0.2) is 0 Å². The average molecular weight is 242 g/mol. The topological polar surface area (TPSA) is 70.6 Å². The number of aliphatic hydroxyl groups is 1. The molecule has 0 aromatic rings. The zero-order valence-corrected chi connectivity index (χ0v) is 10.2. The summed E-state index contributed by atoms with van der Waals surface area (Å²) in [4.78, 5) is 11.8. The Bertz CT molecular complexity index is 246. The maximum atomic E-state index is 11.8. The largest absolute Gasteiger partial charge is 0.393 e. The van der Waals surface area contributed by atoms with Gasteiger partial charge in [0.1, 0.15) is 6.10 Å². The summed E-state index contributed by atoms with van der Waals surface area (Å²) in [7, 11) is 0. The Morgan fingerprint density at radius 2 is 2.12 bits per heavy atom. The van der Waals surface area contributed by atoms with Crippen molar-refractivity contribution in [3.63, 3.8) is 0 Å². The van der Waals surface area contributed by atoms with Crippen molar-refractivity contribution in [2.45, 2.75) is 37.9 Å². The van der Waals surface area contributed by atoms with Crippen molar-refractivity contribution in [3.8, 4) is 0 Å². The summed E-state index contributed by atoms with van der Waals surface area (Å²) in [5.74, 6) is 0.502. The number of amides is 1. The summed E-state index contributed by atoms with van der Waals surface area (Å²) in [5, 5.41) is 15.5. The number of hydrogen-bond donors (Lipinski definition) is 3. The lowest BCUT2D eigenvalue weighted by Gasteiger charge is -2.27. The average Bonchev–Trinajstić information content (AvgIpc) is 2.39. The second-order valence-corrected chi connectivity index (χ2v) is 4.98. The predicted octanol–water partition coefficient (Wildman–Crippen LogP) is -0.358. The molecule has 2 fully saturated rings. The van der Waals surface area contributed by atoms with Gasteiger partial charge in [-0.2, -0.15) is 0 Å². The normalized spacial score (nSPS) is 34.3. The van der Waals surface area contributed by atoms with E-state index < -0.39 is 0 Å². The zero-order chi connectivity index (χ0) is 12.1. The number of ether oxygens (including phenoxy) is 1. The summed E-state index contributed by atoms with van der Waals surface area (Å²) in [6.45, 7) is 2.75. The van der Waals surface area contributed by atoms with E-state index >= 15 is 0 Å². The first kappa shape index (κ1) is 12.8. The molecule has 0 aromatic carbocycles. The molecule has 1 heterocycles. The van der Waals surface area contributed by atoms with Gasteiger partial charge in [0.2, 0.25) is 5.91 Å². The molecule has 98 valence electrons. The van der Waals surface area contributed by atoms with Crippen LogP contribution in [0, 0.1) is 5.92 Å². The number of nitrogens with one attached hydrogen (secondary N) is 2. The molecule has 2 aliphatic rings. The molecule has 17 heavy (non-hydrogen) atoms. The molecule has 2 rings (SSSR count). The van der Waals surface area contributed by atoms with E-state index in [0.717, 1.165) is 32.2 Å². The number of carbonyl (C=O) groups excluding carboxylic acids is 1. The van der Waals surface area contributed by atoms with Gasteiger partial charge in [-0.1, -0.05) is 0 Å². The molecule has 3 N–H and O–H groups in total. The van der Waals surface area contributed by atoms with E-state index in [-0.39, 0.29) is 18.1 Å². The molecule has 1 aliphatic carbocycles. The Morgan fingerprint density at radius 3 is 2.76 bits per heavy atom. The van der Waals surface area contributed by atoms with Gasteiger partial charge in [0, 0.05) is 19.6 Å². The van der Waals surface area contributed by atoms with Crippen LogP contribution in [-0.2, 0) is 9.53 Å². The summed E-state index contributed by atoms with van der Waals surface area (Å²) in [5.41, 5.74) is 0. The fourth-order valence-corrected chi connectivity index (χ4v) is 2.44. The maximum absolute atomic E-state index is 11.8. The Labute approximate surface area is 102 Å². The lowest BCUT2D eigenvalue weighted by Crippen LogP contribution is -2.48. The molecule has 0 bridgehead atoms. The van der Waals surface area contributed by atoms with Crippen LogP contribution in [0.5, 0.6) is 0 Å². The Balaban J connectivity index is 1.65. The van der Waals surface area contributed by atoms with Crippen molar-refractivity contribution in [3.05, 3.63) is 0 Å². The van der Waals surface area contributed by atoms with Gasteiger partial charge in [-0.3, -0.25) is 4.79 Å². The number of morpholine rings is 1. The molecular weight excluding hydrogens is 220 g/mol. The summed E-state index contributed by atoms with van der Waals surface area (Å²) < 4.78 is 5.38. The molecule has 1 unspecified atom stereocenters. The first-order valence-electron chi connectivity index (χ1n) is 6.54. The molecule has 5 nitrogen and oxygen atoms in total. The highest BCUT2D eigenvalue weighted by Gasteiger charge is 2.24. The predicted molar refractivity (Wildman–Crippen MR) is 63.6 cm³/mol. The summed E-state index contributed by atoms with van der Waals surface area (Å²) in [6.07, 6.45) is 3.27. The highest BCUT2D eigenvalue weighted by atomic mass is 16.5. The van der Waals surface area contributed by atoms with Gasteiger partial charge in [0.05, 0.1) is 12.7 Å². The first-order valence-corrected chi connectivity index (χ1v) is 6.54. The van der Waals surface area contributed by atoms with Crippen molar-refractivity contribution in [1.29, 1.82) is 0 Å². The van der Waals surface area contributed by atoms with Crippen LogP contribution in [0.2, 0.25) is 0 Å². The van der Waals surface area contributed by atoms with Gasteiger partial charge in [0.15, 0.2) is 0 Å². The van der Waals surface area contributed by atoms with Crippen LogP contribution in [0.1, 0.15) is 25.7 Å². The van der Waals surface area contributed by atoms with E-state index in [2.05, 4.69) is 10.6 Å². The SMILES string of the molecule is O=C(NCC1CCC(O)CC1)C1CNCCO1. The molecule has 5 heteroatoms. The smallest absolute Gasteiger partial charge is 0.250 e. The molecule has 0 spiro atoms. The number of carbonyl (C=O) groups is 1. The lowest BCUT2D eigenvalue weighted by molar-refractivity contribution is -0.134. The first-order chi connectivity index (χ1) is 8.25. The number of rotatable bonds is 3. The highest BCUT2D eigenvalue weighted by molar-refractivity contribution is 5.81. The van der Waals surface area contributed by atoms with E-state index in [4.69, 9.17) is 4.74 Å². The molecule has 1 atom stereocenters. The van der Waals surface area contributed by atoms with Crippen molar-refractivity contribution in [2.75, 3.05) is 26.2 Å². The second kappa shape index (κ2) is 6.33. The van der Waals surface area contributed by atoms with Gasteiger partial charge in [0.25, 0.3) is 0 Å². The minimum absolute atomic E-state index is 0.0108. The minimum Gasteiger partial charge on any atom is -0.393 e. The van der Waals surface area contributed by atoms with Crippen LogP contribution >= 0.6 is 0 Å². The number of aliphatic hydroxyl groups excluding tert-OH is 1. The van der Waals surface area contributed by atoms with Crippen molar-refractivity contribution < 1.29 is 14.6 Å². The van der Waals surface area contributed by atoms with Crippen molar-refractivity contribution >= 4 is 5.91 Å². The molecule has 1 saturated heterocycles. The van der Waals surface area contributed by atoms with Crippen LogP contribution in [0.15, 0.2) is 0 Å². The fraction of sp³-hybridized carbons (Fsp3) is 0.917. The van der Waals surface area contributed by atoms with E-state index in [1.165, 1.54) is 0 Å². The van der Waals surface area contributed by atoms with Crippen LogP contribution in [-0.4, -0.2) is 49.5 Å². The van der Waals surface area contributed by atoms with E-state index in [1.54, 1.807) is 0 Å². The summed E-state index contributed by atoms with van der Waals surface area (Å²) >= 11 is 0. The van der Waals surface area contributed by atoms with Crippen LogP contribution < -0.4 is 10.6 Å². The molecular formula is C12H22N2O3. The standard InChI is InChI=1S/C12H22N2O3/c15-10-3-1-9(2-4-10)7-14-12(16)11-8-13-5-6-17-11/h9-11,13,15H,1-8H2,(H,14,16). The van der Waals surface area contributed by atoms with Gasteiger partial charge in [-0.05, 0) is 31.6 Å². The Kier molecular flexibility index (Phi) is 4.76. The van der Waals surface area contributed by atoms with E-state index in [0.29, 0.717) is 25.6 Å². The molecule has 0 aromatic heterocycles. The zero-order valence-electron chi connectivity index (χ0n) is 10.2. The van der Waals surface area contributed by atoms with Gasteiger partial charge in [-0.15, -0.1) is 0 Å². The molecule has 1 aliphatic heterocycles. The molecule has 1 amide bonds. The van der Waals surface area contributed by atoms with Crippen LogP contribution in [0.3, 0.4) is 0 Å². The monoisotopic (exact) mass is 242 g/mol. The second-order valence-electron chi connectivity index (χ2n) is 4.98. The van der Waals surface area contributed by atoms with E-state index in [9.17, 15) is 9.90 Å². The Hall–Kier alpha value is -0.650. The molecule has 1 saturated carbocycles. The van der Waals surface area contributed by atoms with Gasteiger partial charge >= 0.3 is 0 Å². The third-order valence-corrected chi connectivity index (χ3v) is 3.60. The van der Waals surface area contributed by atoms with Crippen molar-refractivity contribution in [2.24, 2.45) is 5.92 Å². The van der Waals surface area contributed by atoms with Gasteiger partial charge < -0.3 is 20.5 Å². The van der Waals surface area contributed by atoms with Crippen LogP contribution in [0.4, 0.5) is 0 Å². The summed E-state index contributed by atoms with van der Waals surface area (Å²) in [6, 6.07) is 0.